The summed E-state index contributed by atoms with van der Waals surface area (Å²) in [7, 11) is 0. The molecule has 0 radical (unpaired) electrons. The van der Waals surface area contributed by atoms with E-state index in [1.807, 2.05) is 0 Å². The van der Waals surface area contributed by atoms with E-state index in [2.05, 4.69) is 232 Å². The minimum atomic E-state index is 0. The summed E-state index contributed by atoms with van der Waals surface area (Å²) in [5.74, 6) is 0.200. The number of nitrogens with zero attached hydrogens (tertiary/aromatic N) is 1. The molecule has 0 aliphatic heterocycles. The molecule has 0 fully saturated rings. The van der Waals surface area contributed by atoms with Gasteiger partial charge in [0.1, 0.15) is 0 Å². The van der Waals surface area contributed by atoms with Gasteiger partial charge in [0.05, 0.1) is 0 Å². The summed E-state index contributed by atoms with van der Waals surface area (Å²) in [5, 5.41) is 0. The summed E-state index contributed by atoms with van der Waals surface area (Å²) >= 11 is 0. The van der Waals surface area contributed by atoms with Crippen molar-refractivity contribution in [1.82, 2.24) is 0 Å². The first-order valence-electron chi connectivity index (χ1n) is 19.6. The third kappa shape index (κ3) is 17.4. The average molecular weight is 740 g/mol. The van der Waals surface area contributed by atoms with Crippen LogP contribution in [0.15, 0.2) is 158 Å². The van der Waals surface area contributed by atoms with Gasteiger partial charge >= 0.3 is 0 Å². The monoisotopic (exact) mass is 740 g/mol. The van der Waals surface area contributed by atoms with Gasteiger partial charge < -0.3 is 4.90 Å². The van der Waals surface area contributed by atoms with Crippen LogP contribution in [0.1, 0.15) is 137 Å². The number of aryl methyl sites for hydroxylation is 2. The van der Waals surface area contributed by atoms with Gasteiger partial charge in [0.15, 0.2) is 0 Å². The third-order valence-electron chi connectivity index (χ3n) is 7.49. The fourth-order valence-corrected chi connectivity index (χ4v) is 5.53. The van der Waals surface area contributed by atoms with Gasteiger partial charge in [-0.3, -0.25) is 0 Å². The highest BCUT2D eigenvalue weighted by Crippen LogP contribution is 2.37. The van der Waals surface area contributed by atoms with Crippen molar-refractivity contribution in [1.29, 1.82) is 0 Å². The van der Waals surface area contributed by atoms with Crippen molar-refractivity contribution in [3.63, 3.8) is 0 Å². The standard InChI is InChI=1S/C39H33N.4C3H8.3CH4/c1-29-11-9-15-35(27-29)39(33-13-5-3-6-14-33)34-21-19-31(20-22-34)32-23-25-37(26-24-32)40(36-16-7-4-8-17-36)38-18-10-12-30(2)28-38;4*1-3-2;;;/h3-28,39H,1-2H3;4*3H2,1-2H3;3*1H4. The minimum Gasteiger partial charge on any atom is -0.310 e. The number of rotatable bonds is 7. The zero-order chi connectivity index (χ0) is 38.1. The van der Waals surface area contributed by atoms with E-state index in [4.69, 9.17) is 0 Å². The Morgan fingerprint density at radius 2 is 0.691 bits per heavy atom. The second kappa shape index (κ2) is 30.4. The molecule has 0 saturated carbocycles. The Labute approximate surface area is 340 Å². The first kappa shape index (κ1) is 52.2. The molecule has 0 heterocycles. The summed E-state index contributed by atoms with van der Waals surface area (Å²) in [5.41, 5.74) is 12.3. The fraction of sp³-hybridized carbons (Fsp3) is 0.333. The second-order valence-corrected chi connectivity index (χ2v) is 13.3. The van der Waals surface area contributed by atoms with Gasteiger partial charge in [0, 0.05) is 23.0 Å². The van der Waals surface area contributed by atoms with Gasteiger partial charge in [-0.05, 0) is 83.6 Å². The van der Waals surface area contributed by atoms with Crippen molar-refractivity contribution in [2.45, 2.75) is 123 Å². The highest BCUT2D eigenvalue weighted by Gasteiger charge is 2.17. The lowest BCUT2D eigenvalue weighted by Crippen LogP contribution is -2.09. The zero-order valence-electron chi connectivity index (χ0n) is 33.9. The van der Waals surface area contributed by atoms with Crippen LogP contribution in [-0.2, 0) is 0 Å². The Morgan fingerprint density at radius 1 is 0.345 bits per heavy atom. The predicted molar refractivity (Wildman–Crippen MR) is 254 cm³/mol. The summed E-state index contributed by atoms with van der Waals surface area (Å²) in [6.45, 7) is 21.3. The van der Waals surface area contributed by atoms with Crippen molar-refractivity contribution in [2.24, 2.45) is 0 Å². The lowest BCUT2D eigenvalue weighted by molar-refractivity contribution is 0.975. The van der Waals surface area contributed by atoms with Crippen LogP contribution in [0.3, 0.4) is 0 Å². The number of para-hydroxylation sites is 1. The average Bonchev–Trinajstić information content (AvgIpc) is 3.15. The molecule has 55 heavy (non-hydrogen) atoms. The molecule has 0 saturated heterocycles. The maximum Gasteiger partial charge on any atom is 0.0464 e. The fourth-order valence-electron chi connectivity index (χ4n) is 5.53. The largest absolute Gasteiger partial charge is 0.310 e. The maximum atomic E-state index is 2.31. The van der Waals surface area contributed by atoms with Gasteiger partial charge in [0.25, 0.3) is 0 Å². The van der Waals surface area contributed by atoms with Gasteiger partial charge in [-0.25, -0.2) is 0 Å². The molecule has 6 aromatic carbocycles. The van der Waals surface area contributed by atoms with Crippen LogP contribution in [0.25, 0.3) is 11.1 Å². The number of anilines is 3. The van der Waals surface area contributed by atoms with E-state index >= 15 is 0 Å². The lowest BCUT2D eigenvalue weighted by atomic mass is 9.84. The summed E-state index contributed by atoms with van der Waals surface area (Å²) in [6.07, 6.45) is 5.00. The van der Waals surface area contributed by atoms with Crippen molar-refractivity contribution < 1.29 is 0 Å². The van der Waals surface area contributed by atoms with Gasteiger partial charge in [-0.2, -0.15) is 0 Å². The van der Waals surface area contributed by atoms with Crippen LogP contribution >= 0.6 is 0 Å². The molecule has 0 N–H and O–H groups in total. The molecule has 6 rings (SSSR count). The molecular weight excluding hydrogens is 663 g/mol. The van der Waals surface area contributed by atoms with E-state index < -0.39 is 0 Å². The maximum absolute atomic E-state index is 2.31. The Kier molecular flexibility index (Phi) is 28.9. The Bertz CT molecular complexity index is 1610. The van der Waals surface area contributed by atoms with Crippen LogP contribution in [-0.4, -0.2) is 0 Å². The molecule has 0 aromatic heterocycles. The van der Waals surface area contributed by atoms with Gasteiger partial charge in [-0.1, -0.05) is 230 Å². The SMILES string of the molecule is C.C.C.CCC.CCC.CCC.CCC.Cc1cccc(C(c2ccccc2)c2ccc(-c3ccc(N(c4ccccc4)c4cccc(C)c4)cc3)cc2)c1. The third-order valence-corrected chi connectivity index (χ3v) is 7.49. The van der Waals surface area contributed by atoms with E-state index in [9.17, 15) is 0 Å². The summed E-state index contributed by atoms with van der Waals surface area (Å²) < 4.78 is 0. The number of benzene rings is 6. The van der Waals surface area contributed by atoms with Crippen LogP contribution in [0.4, 0.5) is 17.1 Å². The molecule has 1 atom stereocenters. The van der Waals surface area contributed by atoms with E-state index in [1.165, 1.54) is 64.6 Å². The second-order valence-electron chi connectivity index (χ2n) is 13.3. The van der Waals surface area contributed by atoms with Crippen LogP contribution in [0, 0.1) is 13.8 Å². The van der Waals surface area contributed by atoms with Gasteiger partial charge in [0.2, 0.25) is 0 Å². The summed E-state index contributed by atoms with van der Waals surface area (Å²) in [6, 6.07) is 56.9. The molecule has 0 spiro atoms. The predicted octanol–water partition coefficient (Wildman–Crippen LogP) is 18.2. The van der Waals surface area contributed by atoms with E-state index in [-0.39, 0.29) is 28.2 Å². The van der Waals surface area contributed by atoms with Crippen molar-refractivity contribution in [2.75, 3.05) is 4.90 Å². The zero-order valence-corrected chi connectivity index (χ0v) is 33.9. The molecule has 0 aliphatic carbocycles. The molecule has 0 aliphatic rings. The van der Waals surface area contributed by atoms with Crippen molar-refractivity contribution in [3.05, 3.63) is 186 Å². The van der Waals surface area contributed by atoms with Crippen molar-refractivity contribution in [3.8, 4) is 11.1 Å². The number of hydrogen-bond acceptors (Lipinski definition) is 1. The normalized spacial score (nSPS) is 9.78. The highest BCUT2D eigenvalue weighted by atomic mass is 15.1. The molecule has 0 amide bonds. The number of hydrogen-bond donors (Lipinski definition) is 0. The first-order chi connectivity index (χ1) is 25.3. The summed E-state index contributed by atoms with van der Waals surface area (Å²) in [4.78, 5) is 2.31. The molecule has 0 bridgehead atoms. The lowest BCUT2D eigenvalue weighted by Gasteiger charge is -2.26. The molecular formula is C54H77N. The van der Waals surface area contributed by atoms with Crippen molar-refractivity contribution >= 4 is 17.1 Å². The molecule has 298 valence electrons. The van der Waals surface area contributed by atoms with E-state index in [1.54, 1.807) is 0 Å². The molecule has 1 unspecified atom stereocenters. The molecule has 6 aromatic rings. The Hall–Kier alpha value is -4.88. The van der Waals surface area contributed by atoms with Crippen LogP contribution in [0.5, 0.6) is 0 Å². The van der Waals surface area contributed by atoms with Gasteiger partial charge in [-0.15, -0.1) is 0 Å². The topological polar surface area (TPSA) is 3.24 Å². The van der Waals surface area contributed by atoms with Crippen LogP contribution < -0.4 is 4.90 Å². The minimum absolute atomic E-state index is 0. The first-order valence-corrected chi connectivity index (χ1v) is 19.6. The van der Waals surface area contributed by atoms with E-state index in [0.29, 0.717) is 0 Å². The molecule has 1 heteroatoms. The Morgan fingerprint density at radius 3 is 1.15 bits per heavy atom. The van der Waals surface area contributed by atoms with Crippen LogP contribution in [0.2, 0.25) is 0 Å². The highest BCUT2D eigenvalue weighted by molar-refractivity contribution is 5.78. The van der Waals surface area contributed by atoms with E-state index in [0.717, 1.165) is 17.1 Å². The smallest absolute Gasteiger partial charge is 0.0464 e. The Balaban J connectivity index is 0. The quantitative estimate of drug-likeness (QED) is 0.147. The molecule has 1 nitrogen and oxygen atoms in total.